The molecule has 8 nitrogen and oxygen atoms in total. The Hall–Kier alpha value is -2.35. The number of carbonyl (C=O) groups is 1. The molecule has 1 saturated heterocycles. The first-order chi connectivity index (χ1) is 16.0. The average molecular weight is 461 g/mol. The van der Waals surface area contributed by atoms with Crippen LogP contribution < -0.4 is 10.4 Å². The number of methoxy groups -OCH3 is 1. The van der Waals surface area contributed by atoms with Gasteiger partial charge in [0.1, 0.15) is 0 Å². The van der Waals surface area contributed by atoms with E-state index in [1.807, 2.05) is 17.6 Å². The first-order valence-electron chi connectivity index (χ1n) is 12.6. The molecule has 0 saturated carbocycles. The third kappa shape index (κ3) is 7.06. The van der Waals surface area contributed by atoms with Crippen LogP contribution in [0.15, 0.2) is 10.9 Å². The van der Waals surface area contributed by atoms with Crippen LogP contribution in [0.3, 0.4) is 0 Å². The molecule has 3 heterocycles. The molecule has 0 bridgehead atoms. The van der Waals surface area contributed by atoms with Gasteiger partial charge in [0.2, 0.25) is 5.88 Å². The Balaban J connectivity index is 1.38. The number of esters is 1. The van der Waals surface area contributed by atoms with Gasteiger partial charge in [-0.25, -0.2) is 9.78 Å². The lowest BCUT2D eigenvalue weighted by atomic mass is 9.97. The molecule has 33 heavy (non-hydrogen) atoms. The van der Waals surface area contributed by atoms with Crippen molar-refractivity contribution in [1.82, 2.24) is 19.4 Å². The fourth-order valence-electron chi connectivity index (χ4n) is 4.59. The number of imidazole rings is 1. The maximum absolute atomic E-state index is 12.5. The predicted octanol–water partition coefficient (Wildman–Crippen LogP) is 4.05. The van der Waals surface area contributed by atoms with Gasteiger partial charge in [-0.1, -0.05) is 32.6 Å². The molecule has 1 aliphatic rings. The van der Waals surface area contributed by atoms with E-state index in [1.54, 1.807) is 0 Å². The maximum atomic E-state index is 12.5. The van der Waals surface area contributed by atoms with Crippen molar-refractivity contribution < 1.29 is 14.3 Å². The normalized spacial score (nSPS) is 15.2. The second-order valence-corrected chi connectivity index (χ2v) is 9.13. The van der Waals surface area contributed by atoms with Crippen molar-refractivity contribution in [3.8, 4) is 5.88 Å². The quantitative estimate of drug-likeness (QED) is 0.358. The Morgan fingerprint density at radius 3 is 2.52 bits per heavy atom. The minimum absolute atomic E-state index is 0.0596. The highest BCUT2D eigenvalue weighted by molar-refractivity contribution is 5.78. The summed E-state index contributed by atoms with van der Waals surface area (Å²) in [5.41, 5.74) is 2.41. The van der Waals surface area contributed by atoms with Gasteiger partial charge in [0.05, 0.1) is 36.4 Å². The van der Waals surface area contributed by atoms with E-state index in [0.717, 1.165) is 74.9 Å². The Morgan fingerprint density at radius 2 is 1.82 bits per heavy atom. The fourth-order valence-corrected chi connectivity index (χ4v) is 4.59. The second-order valence-electron chi connectivity index (χ2n) is 9.13. The maximum Gasteiger partial charge on any atom is 0.326 e. The van der Waals surface area contributed by atoms with E-state index in [4.69, 9.17) is 9.47 Å². The molecule has 1 N–H and O–H groups in total. The SMILES string of the molecule is CCCCOc1cc2c([nH]c(=O)n2CCCCCCCN2CCC(C(=O)OC)CC2)c(C)n1. The fraction of sp³-hybridized carbons (Fsp3) is 0.720. The summed E-state index contributed by atoms with van der Waals surface area (Å²) >= 11 is 0. The van der Waals surface area contributed by atoms with Crippen molar-refractivity contribution in [2.75, 3.05) is 33.4 Å². The summed E-state index contributed by atoms with van der Waals surface area (Å²) in [6.07, 6.45) is 9.50. The van der Waals surface area contributed by atoms with Gasteiger partial charge in [-0.15, -0.1) is 0 Å². The number of fused-ring (bicyclic) bond motifs is 1. The summed E-state index contributed by atoms with van der Waals surface area (Å²) in [7, 11) is 1.47. The highest BCUT2D eigenvalue weighted by atomic mass is 16.5. The van der Waals surface area contributed by atoms with Crippen LogP contribution in [0.2, 0.25) is 0 Å². The number of ether oxygens (including phenoxy) is 2. The Labute approximate surface area is 196 Å². The minimum atomic E-state index is -0.0732. The molecule has 0 aliphatic carbocycles. The van der Waals surface area contributed by atoms with Crippen LogP contribution in [0.25, 0.3) is 11.0 Å². The molecule has 1 fully saturated rings. The van der Waals surface area contributed by atoms with Crippen LogP contribution in [0.4, 0.5) is 0 Å². The number of pyridine rings is 1. The van der Waals surface area contributed by atoms with E-state index in [-0.39, 0.29) is 17.6 Å². The number of aromatic nitrogens is 3. The third-order valence-electron chi connectivity index (χ3n) is 6.65. The molecular formula is C25H40N4O4. The number of rotatable bonds is 13. The van der Waals surface area contributed by atoms with E-state index in [2.05, 4.69) is 21.8 Å². The third-order valence-corrected chi connectivity index (χ3v) is 6.65. The van der Waals surface area contributed by atoms with Gasteiger partial charge >= 0.3 is 11.7 Å². The number of hydrogen-bond acceptors (Lipinski definition) is 6. The molecule has 0 radical (unpaired) electrons. The number of aryl methyl sites for hydroxylation is 2. The zero-order chi connectivity index (χ0) is 23.6. The van der Waals surface area contributed by atoms with Gasteiger partial charge < -0.3 is 19.4 Å². The smallest absolute Gasteiger partial charge is 0.326 e. The van der Waals surface area contributed by atoms with Gasteiger partial charge in [0.15, 0.2) is 0 Å². The topological polar surface area (TPSA) is 89.5 Å². The van der Waals surface area contributed by atoms with Gasteiger partial charge in [-0.05, 0) is 58.7 Å². The van der Waals surface area contributed by atoms with Crippen molar-refractivity contribution in [3.63, 3.8) is 0 Å². The van der Waals surface area contributed by atoms with E-state index in [1.165, 1.54) is 26.4 Å². The minimum Gasteiger partial charge on any atom is -0.478 e. The van der Waals surface area contributed by atoms with Crippen molar-refractivity contribution in [2.24, 2.45) is 5.92 Å². The molecule has 0 amide bonds. The number of H-pyrrole nitrogens is 1. The van der Waals surface area contributed by atoms with Crippen LogP contribution >= 0.6 is 0 Å². The van der Waals surface area contributed by atoms with E-state index >= 15 is 0 Å². The lowest BCUT2D eigenvalue weighted by Crippen LogP contribution is -2.37. The summed E-state index contributed by atoms with van der Waals surface area (Å²) < 4.78 is 12.5. The predicted molar refractivity (Wildman–Crippen MR) is 130 cm³/mol. The second kappa shape index (κ2) is 12.8. The number of unbranched alkanes of at least 4 members (excludes halogenated alkanes) is 5. The number of hydrogen-bond donors (Lipinski definition) is 1. The van der Waals surface area contributed by atoms with Gasteiger partial charge in [-0.2, -0.15) is 0 Å². The molecule has 1 aliphatic heterocycles. The van der Waals surface area contributed by atoms with Crippen LogP contribution in [0.1, 0.15) is 70.4 Å². The molecule has 2 aromatic heterocycles. The first kappa shape index (κ1) is 25.3. The Kier molecular flexibility index (Phi) is 9.78. The van der Waals surface area contributed by atoms with Crippen molar-refractivity contribution in [1.29, 1.82) is 0 Å². The Bertz CT molecular complexity index is 944. The van der Waals surface area contributed by atoms with Gasteiger partial charge in [0.25, 0.3) is 0 Å². The first-order valence-corrected chi connectivity index (χ1v) is 12.6. The molecule has 0 unspecified atom stereocenters. The lowest BCUT2D eigenvalue weighted by Gasteiger charge is -2.30. The average Bonchev–Trinajstić information content (AvgIpc) is 3.14. The molecule has 0 spiro atoms. The highest BCUT2D eigenvalue weighted by Gasteiger charge is 2.25. The summed E-state index contributed by atoms with van der Waals surface area (Å²) in [5.74, 6) is 0.616. The van der Waals surface area contributed by atoms with Crippen LogP contribution in [-0.2, 0) is 16.1 Å². The number of piperidine rings is 1. The highest BCUT2D eigenvalue weighted by Crippen LogP contribution is 2.21. The monoisotopic (exact) mass is 460 g/mol. The van der Waals surface area contributed by atoms with Crippen molar-refractivity contribution in [3.05, 3.63) is 22.2 Å². The Morgan fingerprint density at radius 1 is 1.12 bits per heavy atom. The molecule has 0 aromatic carbocycles. The lowest BCUT2D eigenvalue weighted by molar-refractivity contribution is -0.147. The number of aromatic amines is 1. The standard InChI is InChI=1S/C25H40N4O4/c1-4-5-17-33-22-18-21-23(19(2)26-22)27-25(31)29(21)14-10-8-6-7-9-13-28-15-11-20(12-16-28)24(30)32-3/h18,20H,4-17H2,1-3H3,(H,27,31). The molecule has 184 valence electrons. The molecule has 0 atom stereocenters. The van der Waals surface area contributed by atoms with Crippen LogP contribution in [0.5, 0.6) is 5.88 Å². The number of likely N-dealkylation sites (tertiary alicyclic amines) is 1. The zero-order valence-corrected chi connectivity index (χ0v) is 20.5. The molecule has 8 heteroatoms. The number of carbonyl (C=O) groups excluding carboxylic acids is 1. The van der Waals surface area contributed by atoms with E-state index in [0.29, 0.717) is 19.0 Å². The van der Waals surface area contributed by atoms with Crippen LogP contribution in [-0.4, -0.2) is 58.8 Å². The number of nitrogens with zero attached hydrogens (tertiary/aromatic N) is 3. The van der Waals surface area contributed by atoms with Crippen molar-refractivity contribution >= 4 is 17.0 Å². The van der Waals surface area contributed by atoms with E-state index < -0.39 is 0 Å². The largest absolute Gasteiger partial charge is 0.478 e. The summed E-state index contributed by atoms with van der Waals surface area (Å²) in [5, 5.41) is 0. The summed E-state index contributed by atoms with van der Waals surface area (Å²) in [6, 6.07) is 1.89. The summed E-state index contributed by atoms with van der Waals surface area (Å²) in [4.78, 5) is 34.0. The molecular weight excluding hydrogens is 420 g/mol. The van der Waals surface area contributed by atoms with Crippen molar-refractivity contribution in [2.45, 2.75) is 78.2 Å². The molecule has 2 aromatic rings. The van der Waals surface area contributed by atoms with E-state index in [9.17, 15) is 9.59 Å². The number of nitrogens with one attached hydrogen (secondary N) is 1. The molecule has 3 rings (SSSR count). The summed E-state index contributed by atoms with van der Waals surface area (Å²) in [6.45, 7) is 8.47. The van der Waals surface area contributed by atoms with Crippen LogP contribution in [0, 0.1) is 12.8 Å². The van der Waals surface area contributed by atoms with Gasteiger partial charge in [0, 0.05) is 12.6 Å². The van der Waals surface area contributed by atoms with Gasteiger partial charge in [-0.3, -0.25) is 9.36 Å². The zero-order valence-electron chi connectivity index (χ0n) is 20.5.